The van der Waals surface area contributed by atoms with Gasteiger partial charge in [0.1, 0.15) is 11.2 Å². The molecule has 2 N–H and O–H groups in total. The Hall–Kier alpha value is -2.37. The number of hydrogen-bond donors (Lipinski definition) is 2. The number of nitrogens with zero attached hydrogens (tertiary/aromatic N) is 2. The van der Waals surface area contributed by atoms with Crippen LogP contribution < -0.4 is 5.32 Å². The van der Waals surface area contributed by atoms with E-state index in [2.05, 4.69) is 10.3 Å². The lowest BCUT2D eigenvalue weighted by Crippen LogP contribution is -2.54. The van der Waals surface area contributed by atoms with Gasteiger partial charge in [-0.1, -0.05) is 25.7 Å². The SMILES string of the molecule is O=C(NC1(C(=O)O)CCCCCC1)c1ccc2nccn2c1. The van der Waals surface area contributed by atoms with E-state index in [1.54, 1.807) is 35.1 Å². The minimum Gasteiger partial charge on any atom is -0.480 e. The van der Waals surface area contributed by atoms with Crippen LogP contribution in [0.3, 0.4) is 0 Å². The molecule has 116 valence electrons. The third kappa shape index (κ3) is 2.68. The second-order valence-corrected chi connectivity index (χ2v) is 5.87. The van der Waals surface area contributed by atoms with Crippen LogP contribution in [0.2, 0.25) is 0 Å². The van der Waals surface area contributed by atoms with E-state index in [1.807, 2.05) is 0 Å². The van der Waals surface area contributed by atoms with Gasteiger partial charge in [0, 0.05) is 18.6 Å². The van der Waals surface area contributed by atoms with E-state index in [9.17, 15) is 14.7 Å². The second-order valence-electron chi connectivity index (χ2n) is 5.87. The van der Waals surface area contributed by atoms with E-state index in [1.165, 1.54) is 0 Å². The zero-order chi connectivity index (χ0) is 15.6. The fourth-order valence-corrected chi connectivity index (χ4v) is 3.07. The first kappa shape index (κ1) is 14.6. The first-order valence-corrected chi connectivity index (χ1v) is 7.59. The standard InChI is InChI=1S/C16H19N3O3/c20-14(12-5-6-13-17-9-10-19(13)11-12)18-16(15(21)22)7-3-1-2-4-8-16/h5-6,9-11H,1-4,7-8H2,(H,18,20)(H,21,22). The maximum Gasteiger partial charge on any atom is 0.329 e. The van der Waals surface area contributed by atoms with E-state index in [4.69, 9.17) is 0 Å². The Morgan fingerprint density at radius 1 is 1.18 bits per heavy atom. The average molecular weight is 301 g/mol. The van der Waals surface area contributed by atoms with E-state index < -0.39 is 11.5 Å². The molecule has 6 nitrogen and oxygen atoms in total. The lowest BCUT2D eigenvalue weighted by Gasteiger charge is -2.29. The molecule has 1 aliphatic rings. The molecule has 3 rings (SSSR count). The van der Waals surface area contributed by atoms with Gasteiger partial charge in [-0.2, -0.15) is 0 Å². The first-order valence-electron chi connectivity index (χ1n) is 7.59. The van der Waals surface area contributed by atoms with Crippen molar-refractivity contribution >= 4 is 17.5 Å². The van der Waals surface area contributed by atoms with Gasteiger partial charge in [-0.25, -0.2) is 9.78 Å². The maximum absolute atomic E-state index is 12.5. The van der Waals surface area contributed by atoms with Crippen molar-refractivity contribution < 1.29 is 14.7 Å². The third-order valence-corrected chi connectivity index (χ3v) is 4.37. The van der Waals surface area contributed by atoms with E-state index in [0.717, 1.165) is 31.3 Å². The Labute approximate surface area is 128 Å². The maximum atomic E-state index is 12.5. The Kier molecular flexibility index (Phi) is 3.83. The smallest absolute Gasteiger partial charge is 0.329 e. The molecule has 2 aromatic rings. The molecular formula is C16H19N3O3. The highest BCUT2D eigenvalue weighted by Crippen LogP contribution is 2.28. The van der Waals surface area contributed by atoms with Crippen LogP contribution in [0.5, 0.6) is 0 Å². The summed E-state index contributed by atoms with van der Waals surface area (Å²) < 4.78 is 1.75. The van der Waals surface area contributed by atoms with Crippen LogP contribution in [0.4, 0.5) is 0 Å². The van der Waals surface area contributed by atoms with Gasteiger partial charge in [-0.3, -0.25) is 4.79 Å². The minimum atomic E-state index is -1.14. The molecule has 22 heavy (non-hydrogen) atoms. The van der Waals surface area contributed by atoms with Crippen LogP contribution in [-0.2, 0) is 4.79 Å². The third-order valence-electron chi connectivity index (χ3n) is 4.37. The molecule has 0 spiro atoms. The van der Waals surface area contributed by atoms with Crippen molar-refractivity contribution in [2.24, 2.45) is 0 Å². The number of imidazole rings is 1. The van der Waals surface area contributed by atoms with Crippen molar-refractivity contribution in [2.45, 2.75) is 44.1 Å². The number of nitrogens with one attached hydrogen (secondary N) is 1. The van der Waals surface area contributed by atoms with Crippen LogP contribution in [0.1, 0.15) is 48.9 Å². The molecule has 0 aliphatic heterocycles. The molecule has 1 fully saturated rings. The second kappa shape index (κ2) is 5.79. The molecule has 0 bridgehead atoms. The monoisotopic (exact) mass is 301 g/mol. The Morgan fingerprint density at radius 2 is 1.91 bits per heavy atom. The van der Waals surface area contributed by atoms with Crippen LogP contribution in [-0.4, -0.2) is 31.9 Å². The number of carbonyl (C=O) groups excluding carboxylic acids is 1. The summed E-state index contributed by atoms with van der Waals surface area (Å²) in [5.74, 6) is -1.29. The molecule has 0 unspecified atom stereocenters. The molecule has 0 atom stereocenters. The Morgan fingerprint density at radius 3 is 2.59 bits per heavy atom. The molecule has 1 aliphatic carbocycles. The van der Waals surface area contributed by atoms with Gasteiger partial charge < -0.3 is 14.8 Å². The van der Waals surface area contributed by atoms with E-state index >= 15 is 0 Å². The topological polar surface area (TPSA) is 83.7 Å². The van der Waals surface area contributed by atoms with E-state index in [-0.39, 0.29) is 5.91 Å². The van der Waals surface area contributed by atoms with Crippen molar-refractivity contribution in [2.75, 3.05) is 0 Å². The number of aliphatic carboxylic acids is 1. The predicted octanol–water partition coefficient (Wildman–Crippen LogP) is 2.24. The van der Waals surface area contributed by atoms with E-state index in [0.29, 0.717) is 18.4 Å². The predicted molar refractivity (Wildman–Crippen MR) is 80.7 cm³/mol. The molecule has 1 saturated carbocycles. The summed E-state index contributed by atoms with van der Waals surface area (Å²) in [6, 6.07) is 3.42. The van der Waals surface area contributed by atoms with Gasteiger partial charge in [0.2, 0.25) is 0 Å². The average Bonchev–Trinajstić information content (AvgIpc) is 2.84. The van der Waals surface area contributed by atoms with Gasteiger partial charge in [0.25, 0.3) is 5.91 Å². The number of fused-ring (bicyclic) bond motifs is 1. The lowest BCUT2D eigenvalue weighted by atomic mass is 9.90. The van der Waals surface area contributed by atoms with Crippen molar-refractivity contribution in [3.8, 4) is 0 Å². The molecule has 0 aromatic carbocycles. The molecule has 0 radical (unpaired) electrons. The van der Waals surface area contributed by atoms with Gasteiger partial charge in [-0.05, 0) is 25.0 Å². The molecular weight excluding hydrogens is 282 g/mol. The summed E-state index contributed by atoms with van der Waals surface area (Å²) in [5.41, 5.74) is 0.0478. The number of aromatic nitrogens is 2. The fraction of sp³-hybridized carbons (Fsp3) is 0.438. The Bertz CT molecular complexity index is 699. The van der Waals surface area contributed by atoms with Crippen molar-refractivity contribution in [3.63, 3.8) is 0 Å². The summed E-state index contributed by atoms with van der Waals surface area (Å²) >= 11 is 0. The molecule has 2 heterocycles. The summed E-state index contributed by atoms with van der Waals surface area (Å²) in [6.45, 7) is 0. The molecule has 1 amide bonds. The zero-order valence-corrected chi connectivity index (χ0v) is 12.3. The van der Waals surface area contributed by atoms with Gasteiger partial charge in [0.15, 0.2) is 0 Å². The summed E-state index contributed by atoms with van der Waals surface area (Å²) in [6.07, 6.45) is 9.75. The first-order chi connectivity index (χ1) is 10.6. The van der Waals surface area contributed by atoms with Crippen LogP contribution in [0.15, 0.2) is 30.7 Å². The number of pyridine rings is 1. The quantitative estimate of drug-likeness (QED) is 0.852. The van der Waals surface area contributed by atoms with Crippen molar-refractivity contribution in [1.82, 2.24) is 14.7 Å². The lowest BCUT2D eigenvalue weighted by molar-refractivity contribution is -0.145. The summed E-state index contributed by atoms with van der Waals surface area (Å²) in [5, 5.41) is 12.4. The van der Waals surface area contributed by atoms with Crippen molar-refractivity contribution in [3.05, 3.63) is 36.3 Å². The minimum absolute atomic E-state index is 0.347. The fourth-order valence-electron chi connectivity index (χ4n) is 3.07. The molecule has 6 heteroatoms. The Balaban J connectivity index is 1.85. The summed E-state index contributed by atoms with van der Waals surface area (Å²) in [7, 11) is 0. The number of carboxylic acid groups (broad SMARTS) is 1. The van der Waals surface area contributed by atoms with Crippen LogP contribution >= 0.6 is 0 Å². The number of carbonyl (C=O) groups is 2. The van der Waals surface area contributed by atoms with Gasteiger partial charge >= 0.3 is 5.97 Å². The van der Waals surface area contributed by atoms with Crippen LogP contribution in [0, 0.1) is 0 Å². The normalized spacial score (nSPS) is 17.8. The molecule has 0 saturated heterocycles. The highest BCUT2D eigenvalue weighted by Gasteiger charge is 2.40. The van der Waals surface area contributed by atoms with Gasteiger partial charge in [-0.15, -0.1) is 0 Å². The van der Waals surface area contributed by atoms with Crippen molar-refractivity contribution in [1.29, 1.82) is 0 Å². The number of amides is 1. The zero-order valence-electron chi connectivity index (χ0n) is 12.3. The van der Waals surface area contributed by atoms with Crippen LogP contribution in [0.25, 0.3) is 5.65 Å². The highest BCUT2D eigenvalue weighted by atomic mass is 16.4. The highest BCUT2D eigenvalue weighted by molar-refractivity contribution is 5.97. The number of carboxylic acids is 1. The summed E-state index contributed by atoms with van der Waals surface area (Å²) in [4.78, 5) is 28.4. The molecule has 2 aromatic heterocycles. The number of rotatable bonds is 3. The number of hydrogen-bond acceptors (Lipinski definition) is 3. The van der Waals surface area contributed by atoms with Gasteiger partial charge in [0.05, 0.1) is 5.56 Å². The largest absolute Gasteiger partial charge is 0.480 e.